The number of sulfonamides is 1. The first kappa shape index (κ1) is 16.0. The van der Waals surface area contributed by atoms with Crippen LogP contribution in [0, 0.1) is 0 Å². The van der Waals surface area contributed by atoms with E-state index in [1.165, 1.54) is 16.8 Å². The maximum absolute atomic E-state index is 12.3. The van der Waals surface area contributed by atoms with E-state index >= 15 is 0 Å². The molecule has 0 spiro atoms. The third kappa shape index (κ3) is 3.62. The Balaban J connectivity index is 2.27. The summed E-state index contributed by atoms with van der Waals surface area (Å²) >= 11 is 0. The van der Waals surface area contributed by atoms with E-state index in [9.17, 15) is 13.2 Å². The highest BCUT2D eigenvalue weighted by Crippen LogP contribution is 2.19. The van der Waals surface area contributed by atoms with E-state index in [4.69, 9.17) is 9.84 Å². The van der Waals surface area contributed by atoms with Crippen LogP contribution in [0.5, 0.6) is 0 Å². The molecule has 0 amide bonds. The third-order valence-corrected chi connectivity index (χ3v) is 4.51. The SMILES string of the molecule is CC(C)n1cc(S(=O)(=O)NN2CCOCC2)cc1C(=O)O. The molecular formula is C12H19N3O5S. The number of hydrazine groups is 1. The van der Waals surface area contributed by atoms with Gasteiger partial charge in [0.25, 0.3) is 10.0 Å². The molecule has 0 saturated carbocycles. The molecule has 1 aliphatic rings. The van der Waals surface area contributed by atoms with E-state index in [-0.39, 0.29) is 16.6 Å². The summed E-state index contributed by atoms with van der Waals surface area (Å²) in [6.45, 7) is 5.40. The molecule has 0 atom stereocenters. The van der Waals surface area contributed by atoms with Gasteiger partial charge in [-0.25, -0.2) is 18.2 Å². The minimum absolute atomic E-state index is 0.0487. The molecule has 2 N–H and O–H groups in total. The predicted octanol–water partition coefficient (Wildman–Crippen LogP) is 0.293. The van der Waals surface area contributed by atoms with Gasteiger partial charge in [-0.05, 0) is 19.9 Å². The van der Waals surface area contributed by atoms with Gasteiger partial charge in [-0.15, -0.1) is 4.83 Å². The number of ether oxygens (including phenoxy) is 1. The summed E-state index contributed by atoms with van der Waals surface area (Å²) in [5.74, 6) is -1.16. The van der Waals surface area contributed by atoms with Gasteiger partial charge >= 0.3 is 5.97 Å². The van der Waals surface area contributed by atoms with Crippen LogP contribution in [0.3, 0.4) is 0 Å². The van der Waals surface area contributed by atoms with E-state index in [0.717, 1.165) is 0 Å². The molecule has 1 aromatic heterocycles. The fourth-order valence-electron chi connectivity index (χ4n) is 2.08. The Hall–Kier alpha value is -1.42. The van der Waals surface area contributed by atoms with Gasteiger partial charge < -0.3 is 14.4 Å². The smallest absolute Gasteiger partial charge is 0.352 e. The number of carbonyl (C=O) groups is 1. The first-order valence-corrected chi connectivity index (χ1v) is 8.10. The maximum Gasteiger partial charge on any atom is 0.352 e. The molecule has 9 heteroatoms. The predicted molar refractivity (Wildman–Crippen MR) is 74.5 cm³/mol. The van der Waals surface area contributed by atoms with Gasteiger partial charge in [0.15, 0.2) is 0 Å². The Morgan fingerprint density at radius 2 is 2.00 bits per heavy atom. The third-order valence-electron chi connectivity index (χ3n) is 3.17. The van der Waals surface area contributed by atoms with Crippen molar-refractivity contribution >= 4 is 16.0 Å². The monoisotopic (exact) mass is 317 g/mol. The first-order chi connectivity index (χ1) is 9.81. The molecule has 0 unspecified atom stereocenters. The van der Waals surface area contributed by atoms with Gasteiger partial charge in [0, 0.05) is 25.3 Å². The van der Waals surface area contributed by atoms with Gasteiger partial charge in [-0.3, -0.25) is 0 Å². The summed E-state index contributed by atoms with van der Waals surface area (Å²) < 4.78 is 31.2. The minimum atomic E-state index is -3.79. The fraction of sp³-hybridized carbons (Fsp3) is 0.583. The number of aromatic carboxylic acids is 1. The van der Waals surface area contributed by atoms with E-state index < -0.39 is 16.0 Å². The van der Waals surface area contributed by atoms with Crippen LogP contribution in [0.2, 0.25) is 0 Å². The number of carboxylic acid groups (broad SMARTS) is 1. The Morgan fingerprint density at radius 3 is 2.48 bits per heavy atom. The van der Waals surface area contributed by atoms with Crippen molar-refractivity contribution in [2.75, 3.05) is 26.3 Å². The lowest BCUT2D eigenvalue weighted by molar-refractivity contribution is 0.0272. The summed E-state index contributed by atoms with van der Waals surface area (Å²) in [7, 11) is -3.79. The lowest BCUT2D eigenvalue weighted by Gasteiger charge is -2.26. The molecule has 0 aromatic carbocycles. The fourth-order valence-corrected chi connectivity index (χ4v) is 3.22. The highest BCUT2D eigenvalue weighted by Gasteiger charge is 2.25. The van der Waals surface area contributed by atoms with Crippen molar-refractivity contribution < 1.29 is 23.1 Å². The lowest BCUT2D eigenvalue weighted by atomic mass is 10.3. The quantitative estimate of drug-likeness (QED) is 0.809. The zero-order chi connectivity index (χ0) is 15.6. The second-order valence-corrected chi connectivity index (χ2v) is 6.72. The number of hydrogen-bond donors (Lipinski definition) is 2. The Bertz CT molecular complexity index is 617. The topological polar surface area (TPSA) is 101 Å². The largest absolute Gasteiger partial charge is 0.477 e. The highest BCUT2D eigenvalue weighted by atomic mass is 32.2. The van der Waals surface area contributed by atoms with Gasteiger partial charge in [-0.2, -0.15) is 0 Å². The second-order valence-electron chi connectivity index (χ2n) is 5.06. The van der Waals surface area contributed by atoms with Gasteiger partial charge in [-0.1, -0.05) is 0 Å². The number of nitrogens with one attached hydrogen (secondary N) is 1. The van der Waals surface area contributed by atoms with Crippen LogP contribution >= 0.6 is 0 Å². The summed E-state index contributed by atoms with van der Waals surface area (Å²) in [5.41, 5.74) is -0.0487. The average Bonchev–Trinajstić information content (AvgIpc) is 2.85. The number of carboxylic acids is 1. The van der Waals surface area contributed by atoms with E-state index in [1.54, 1.807) is 18.9 Å². The number of rotatable bonds is 5. The number of morpholine rings is 1. The van der Waals surface area contributed by atoms with E-state index in [0.29, 0.717) is 26.3 Å². The molecule has 0 aliphatic carbocycles. The molecule has 1 saturated heterocycles. The molecule has 1 fully saturated rings. The molecule has 1 aliphatic heterocycles. The van der Waals surface area contributed by atoms with Gasteiger partial charge in [0.2, 0.25) is 0 Å². The normalized spacial score (nSPS) is 17.3. The first-order valence-electron chi connectivity index (χ1n) is 6.61. The molecule has 0 bridgehead atoms. The number of hydrogen-bond acceptors (Lipinski definition) is 5. The molecule has 21 heavy (non-hydrogen) atoms. The number of nitrogens with zero attached hydrogens (tertiary/aromatic N) is 2. The molecule has 2 heterocycles. The molecule has 0 radical (unpaired) electrons. The summed E-state index contributed by atoms with van der Waals surface area (Å²) in [6, 6.07) is 1.02. The van der Waals surface area contributed by atoms with Crippen LogP contribution < -0.4 is 4.83 Å². The average molecular weight is 317 g/mol. The van der Waals surface area contributed by atoms with Crippen LogP contribution in [-0.2, 0) is 14.8 Å². The Morgan fingerprint density at radius 1 is 1.38 bits per heavy atom. The van der Waals surface area contributed by atoms with E-state index in [1.807, 2.05) is 0 Å². The Labute approximate surface area is 123 Å². The Kier molecular flexibility index (Phi) is 4.67. The van der Waals surface area contributed by atoms with Crippen molar-refractivity contribution in [1.29, 1.82) is 0 Å². The second kappa shape index (κ2) is 6.14. The molecule has 2 rings (SSSR count). The van der Waals surface area contributed by atoms with Crippen molar-refractivity contribution in [2.24, 2.45) is 0 Å². The molecule has 8 nitrogen and oxygen atoms in total. The molecular weight excluding hydrogens is 298 g/mol. The summed E-state index contributed by atoms with van der Waals surface area (Å²) in [6.07, 6.45) is 1.34. The standard InChI is InChI=1S/C12H19N3O5S/c1-9(2)15-8-10(7-11(15)12(16)17)21(18,19)13-14-3-5-20-6-4-14/h7-9,13H,3-6H2,1-2H3,(H,16,17). The van der Waals surface area contributed by atoms with Crippen LogP contribution in [0.25, 0.3) is 0 Å². The minimum Gasteiger partial charge on any atom is -0.477 e. The van der Waals surface area contributed by atoms with E-state index in [2.05, 4.69) is 4.83 Å². The van der Waals surface area contributed by atoms with Crippen LogP contribution in [0.15, 0.2) is 17.2 Å². The van der Waals surface area contributed by atoms with Gasteiger partial charge in [0.05, 0.1) is 13.2 Å². The highest BCUT2D eigenvalue weighted by molar-refractivity contribution is 7.89. The van der Waals surface area contributed by atoms with Crippen LogP contribution in [-0.4, -0.2) is 55.4 Å². The number of aromatic nitrogens is 1. The lowest BCUT2D eigenvalue weighted by Crippen LogP contribution is -2.48. The molecule has 1 aromatic rings. The zero-order valence-electron chi connectivity index (χ0n) is 11.9. The summed E-state index contributed by atoms with van der Waals surface area (Å²) in [5, 5.41) is 10.7. The van der Waals surface area contributed by atoms with Crippen molar-refractivity contribution in [3.63, 3.8) is 0 Å². The maximum atomic E-state index is 12.3. The van der Waals surface area contributed by atoms with Crippen LogP contribution in [0.4, 0.5) is 0 Å². The van der Waals surface area contributed by atoms with Gasteiger partial charge in [0.1, 0.15) is 10.6 Å². The van der Waals surface area contributed by atoms with Crippen LogP contribution in [0.1, 0.15) is 30.4 Å². The van der Waals surface area contributed by atoms with Crippen molar-refractivity contribution in [3.8, 4) is 0 Å². The molecule has 118 valence electrons. The van der Waals surface area contributed by atoms with Crippen molar-refractivity contribution in [1.82, 2.24) is 14.4 Å². The van der Waals surface area contributed by atoms with Crippen molar-refractivity contribution in [2.45, 2.75) is 24.8 Å². The zero-order valence-corrected chi connectivity index (χ0v) is 12.8. The summed E-state index contributed by atoms with van der Waals surface area (Å²) in [4.78, 5) is 13.6. The van der Waals surface area contributed by atoms with Crippen molar-refractivity contribution in [3.05, 3.63) is 18.0 Å².